The van der Waals surface area contributed by atoms with E-state index in [4.69, 9.17) is 4.74 Å². The highest BCUT2D eigenvalue weighted by Gasteiger charge is 2.29. The Labute approximate surface area is 126 Å². The van der Waals surface area contributed by atoms with E-state index in [0.29, 0.717) is 31.9 Å². The molecule has 1 aliphatic heterocycles. The van der Waals surface area contributed by atoms with Gasteiger partial charge in [0.15, 0.2) is 0 Å². The zero-order valence-electron chi connectivity index (χ0n) is 12.3. The topological polar surface area (TPSA) is 46.6 Å². The first kappa shape index (κ1) is 16.4. The summed E-state index contributed by atoms with van der Waals surface area (Å²) >= 11 is 0. The van der Waals surface area contributed by atoms with Gasteiger partial charge in [-0.2, -0.15) is 0 Å². The molecule has 0 amide bonds. The summed E-state index contributed by atoms with van der Waals surface area (Å²) in [5, 5.41) is 0. The summed E-state index contributed by atoms with van der Waals surface area (Å²) in [4.78, 5) is 0. The van der Waals surface area contributed by atoms with Gasteiger partial charge in [0.1, 0.15) is 5.82 Å². The van der Waals surface area contributed by atoms with Gasteiger partial charge in [0, 0.05) is 19.7 Å². The number of piperidine rings is 1. The highest BCUT2D eigenvalue weighted by atomic mass is 32.2. The highest BCUT2D eigenvalue weighted by molar-refractivity contribution is 7.88. The van der Waals surface area contributed by atoms with Crippen molar-refractivity contribution in [2.24, 2.45) is 5.92 Å². The van der Waals surface area contributed by atoms with Crippen LogP contribution in [-0.4, -0.2) is 39.0 Å². The Kier molecular flexibility index (Phi) is 5.72. The molecular formula is C15H22FNO3S. The van der Waals surface area contributed by atoms with Crippen molar-refractivity contribution in [3.63, 3.8) is 0 Å². The lowest BCUT2D eigenvalue weighted by Crippen LogP contribution is -2.41. The van der Waals surface area contributed by atoms with E-state index in [1.807, 2.05) is 6.92 Å². The van der Waals surface area contributed by atoms with Crippen LogP contribution in [-0.2, 0) is 20.5 Å². The van der Waals surface area contributed by atoms with Crippen LogP contribution in [0.4, 0.5) is 4.39 Å². The van der Waals surface area contributed by atoms with Crippen LogP contribution < -0.4 is 0 Å². The molecule has 1 fully saturated rings. The Hall–Kier alpha value is -0.980. The summed E-state index contributed by atoms with van der Waals surface area (Å²) in [7, 11) is -3.35. The fourth-order valence-electron chi connectivity index (χ4n) is 2.58. The zero-order chi connectivity index (χ0) is 15.3. The second-order valence-electron chi connectivity index (χ2n) is 5.41. The maximum absolute atomic E-state index is 12.9. The van der Waals surface area contributed by atoms with E-state index in [1.54, 1.807) is 4.31 Å². The third-order valence-electron chi connectivity index (χ3n) is 3.70. The van der Waals surface area contributed by atoms with Gasteiger partial charge in [0.05, 0.1) is 12.4 Å². The summed E-state index contributed by atoms with van der Waals surface area (Å²) in [6.45, 7) is 4.28. The molecule has 6 heteroatoms. The van der Waals surface area contributed by atoms with E-state index in [-0.39, 0.29) is 17.5 Å². The zero-order valence-corrected chi connectivity index (χ0v) is 13.1. The van der Waals surface area contributed by atoms with Gasteiger partial charge >= 0.3 is 0 Å². The van der Waals surface area contributed by atoms with Crippen LogP contribution in [0.1, 0.15) is 25.3 Å². The Morgan fingerprint density at radius 2 is 2.05 bits per heavy atom. The number of ether oxygens (including phenoxy) is 1. The van der Waals surface area contributed by atoms with Crippen molar-refractivity contribution in [3.05, 3.63) is 35.6 Å². The third kappa shape index (κ3) is 4.76. The predicted octanol–water partition coefficient (Wildman–Crippen LogP) is 2.40. The fourth-order valence-corrected chi connectivity index (χ4v) is 4.22. The number of sulfonamides is 1. The first-order valence-corrected chi connectivity index (χ1v) is 8.92. The van der Waals surface area contributed by atoms with Crippen molar-refractivity contribution in [1.82, 2.24) is 4.31 Å². The van der Waals surface area contributed by atoms with Crippen LogP contribution in [0.5, 0.6) is 0 Å². The SMILES string of the molecule is CCOCC1CCCN(S(=O)(=O)Cc2ccc(F)cc2)C1. The quantitative estimate of drug-likeness (QED) is 0.810. The lowest BCUT2D eigenvalue weighted by Gasteiger charge is -2.31. The second-order valence-corrected chi connectivity index (χ2v) is 7.38. The van der Waals surface area contributed by atoms with Crippen LogP contribution in [0.15, 0.2) is 24.3 Å². The highest BCUT2D eigenvalue weighted by Crippen LogP contribution is 2.21. The summed E-state index contributed by atoms with van der Waals surface area (Å²) in [6, 6.07) is 5.63. The number of benzene rings is 1. The normalized spacial score (nSPS) is 20.6. The minimum atomic E-state index is -3.35. The molecule has 0 spiro atoms. The van der Waals surface area contributed by atoms with E-state index < -0.39 is 10.0 Å². The molecule has 1 atom stereocenters. The molecule has 2 rings (SSSR count). The molecular weight excluding hydrogens is 293 g/mol. The van der Waals surface area contributed by atoms with Gasteiger partial charge in [0.2, 0.25) is 10.0 Å². The first-order valence-electron chi connectivity index (χ1n) is 7.31. The van der Waals surface area contributed by atoms with Crippen molar-refractivity contribution in [3.8, 4) is 0 Å². The lowest BCUT2D eigenvalue weighted by molar-refractivity contribution is 0.0864. The summed E-state index contributed by atoms with van der Waals surface area (Å²) < 4.78 is 44.7. The Balaban J connectivity index is 1.99. The second kappa shape index (κ2) is 7.33. The van der Waals surface area contributed by atoms with Gasteiger partial charge in [-0.25, -0.2) is 17.1 Å². The smallest absolute Gasteiger partial charge is 0.218 e. The average molecular weight is 315 g/mol. The molecule has 0 aromatic heterocycles. The molecule has 0 N–H and O–H groups in total. The fraction of sp³-hybridized carbons (Fsp3) is 0.600. The molecule has 21 heavy (non-hydrogen) atoms. The molecule has 0 saturated carbocycles. The van der Waals surface area contributed by atoms with Crippen LogP contribution in [0.2, 0.25) is 0 Å². The third-order valence-corrected chi connectivity index (χ3v) is 5.51. The molecule has 1 heterocycles. The average Bonchev–Trinajstić information content (AvgIpc) is 2.48. The van der Waals surface area contributed by atoms with Crippen molar-refractivity contribution >= 4 is 10.0 Å². The number of nitrogens with zero attached hydrogens (tertiary/aromatic N) is 1. The largest absolute Gasteiger partial charge is 0.381 e. The monoisotopic (exact) mass is 315 g/mol. The molecule has 1 aromatic rings. The van der Waals surface area contributed by atoms with Crippen molar-refractivity contribution < 1.29 is 17.5 Å². The summed E-state index contributed by atoms with van der Waals surface area (Å²) in [5.74, 6) is -0.165. The van der Waals surface area contributed by atoms with Gasteiger partial charge in [-0.3, -0.25) is 0 Å². The van der Waals surface area contributed by atoms with Gasteiger partial charge < -0.3 is 4.74 Å². The van der Waals surface area contributed by atoms with E-state index in [0.717, 1.165) is 12.8 Å². The molecule has 1 aromatic carbocycles. The Bertz CT molecular complexity index is 545. The van der Waals surface area contributed by atoms with Gasteiger partial charge in [-0.15, -0.1) is 0 Å². The van der Waals surface area contributed by atoms with Gasteiger partial charge in [0.25, 0.3) is 0 Å². The Morgan fingerprint density at radius 3 is 2.71 bits per heavy atom. The minimum absolute atomic E-state index is 0.0748. The maximum Gasteiger partial charge on any atom is 0.218 e. The summed E-state index contributed by atoms with van der Waals surface area (Å²) in [6.07, 6.45) is 1.86. The first-order chi connectivity index (χ1) is 10.0. The lowest BCUT2D eigenvalue weighted by atomic mass is 10.0. The molecule has 1 unspecified atom stereocenters. The van der Waals surface area contributed by atoms with E-state index in [9.17, 15) is 12.8 Å². The molecule has 4 nitrogen and oxygen atoms in total. The Morgan fingerprint density at radius 1 is 1.33 bits per heavy atom. The van der Waals surface area contributed by atoms with E-state index in [1.165, 1.54) is 24.3 Å². The van der Waals surface area contributed by atoms with Gasteiger partial charge in [-0.1, -0.05) is 12.1 Å². The minimum Gasteiger partial charge on any atom is -0.381 e. The molecule has 0 bridgehead atoms. The molecule has 0 radical (unpaired) electrons. The van der Waals surface area contributed by atoms with Crippen molar-refractivity contribution in [2.45, 2.75) is 25.5 Å². The number of rotatable bonds is 6. The van der Waals surface area contributed by atoms with E-state index >= 15 is 0 Å². The van der Waals surface area contributed by atoms with Crippen LogP contribution >= 0.6 is 0 Å². The maximum atomic E-state index is 12.9. The molecule has 1 aliphatic rings. The number of hydrogen-bond acceptors (Lipinski definition) is 3. The van der Waals surface area contributed by atoms with Crippen LogP contribution in [0.3, 0.4) is 0 Å². The molecule has 1 saturated heterocycles. The predicted molar refractivity (Wildman–Crippen MR) is 79.8 cm³/mol. The van der Waals surface area contributed by atoms with Crippen molar-refractivity contribution in [2.75, 3.05) is 26.3 Å². The summed E-state index contributed by atoms with van der Waals surface area (Å²) in [5.41, 5.74) is 0.614. The molecule has 118 valence electrons. The standard InChI is InChI=1S/C15H22FNO3S/c1-2-20-11-14-4-3-9-17(10-14)21(18,19)12-13-5-7-15(16)8-6-13/h5-8,14H,2-4,9-12H2,1H3. The number of hydrogen-bond donors (Lipinski definition) is 0. The van der Waals surface area contributed by atoms with Crippen LogP contribution in [0, 0.1) is 11.7 Å². The van der Waals surface area contributed by atoms with Crippen molar-refractivity contribution in [1.29, 1.82) is 0 Å². The van der Waals surface area contributed by atoms with Gasteiger partial charge in [-0.05, 0) is 43.4 Å². The van der Waals surface area contributed by atoms with Crippen LogP contribution in [0.25, 0.3) is 0 Å². The number of halogens is 1. The molecule has 0 aliphatic carbocycles. The van der Waals surface area contributed by atoms with E-state index in [2.05, 4.69) is 0 Å².